The van der Waals surface area contributed by atoms with Gasteiger partial charge in [-0.2, -0.15) is 0 Å². The Hall–Kier alpha value is -3.15. The molecule has 6 heteroatoms. The number of hydrogen-bond acceptors (Lipinski definition) is 3. The number of ether oxygens (including phenoxy) is 1. The second-order valence-corrected chi connectivity index (χ2v) is 8.05. The number of carbonyl (C=O) groups excluding carboxylic acids is 2. The zero-order valence-corrected chi connectivity index (χ0v) is 16.8. The molecule has 3 rings (SSSR count). The molecule has 2 amide bonds. The molecule has 0 bridgehead atoms. The highest BCUT2D eigenvalue weighted by molar-refractivity contribution is 5.99. The molecule has 2 N–H and O–H groups in total. The Kier molecular flexibility index (Phi) is 6.01. The number of hydrogen-bond donors (Lipinski definition) is 2. The molecule has 0 unspecified atom stereocenters. The van der Waals surface area contributed by atoms with Gasteiger partial charge in [-0.25, -0.2) is 9.18 Å². The number of nitrogens with one attached hydrogen (secondary N) is 2. The molecule has 0 atom stereocenters. The normalized spacial score (nSPS) is 14.3. The lowest BCUT2D eigenvalue weighted by atomic mass is 9.97. The molecule has 0 radical (unpaired) electrons. The van der Waals surface area contributed by atoms with E-state index in [1.165, 1.54) is 18.2 Å². The minimum atomic E-state index is -0.586. The Morgan fingerprint density at radius 2 is 1.55 bits per heavy atom. The first-order chi connectivity index (χ1) is 13.7. The third-order valence-corrected chi connectivity index (χ3v) is 4.20. The third-order valence-electron chi connectivity index (χ3n) is 4.20. The molecule has 0 aliphatic heterocycles. The van der Waals surface area contributed by atoms with Crippen molar-refractivity contribution >= 4 is 23.3 Å². The minimum Gasteiger partial charge on any atom is -0.444 e. The first-order valence-electron chi connectivity index (χ1n) is 9.58. The Bertz CT molecular complexity index is 909. The lowest BCUT2D eigenvalue weighted by Gasteiger charge is -2.19. The van der Waals surface area contributed by atoms with Crippen molar-refractivity contribution in [3.8, 4) is 0 Å². The molecule has 0 spiro atoms. The van der Waals surface area contributed by atoms with Gasteiger partial charge in [-0.1, -0.05) is 24.3 Å². The van der Waals surface area contributed by atoms with E-state index in [4.69, 9.17) is 4.74 Å². The van der Waals surface area contributed by atoms with Gasteiger partial charge >= 0.3 is 6.09 Å². The average Bonchev–Trinajstić information content (AvgIpc) is 3.44. The summed E-state index contributed by atoms with van der Waals surface area (Å²) in [5.41, 5.74) is 2.16. The van der Waals surface area contributed by atoms with Crippen molar-refractivity contribution in [3.63, 3.8) is 0 Å². The van der Waals surface area contributed by atoms with Gasteiger partial charge < -0.3 is 10.1 Å². The largest absolute Gasteiger partial charge is 0.444 e. The van der Waals surface area contributed by atoms with Gasteiger partial charge in [0.15, 0.2) is 0 Å². The number of benzene rings is 2. The topological polar surface area (TPSA) is 67.4 Å². The third kappa shape index (κ3) is 6.45. The summed E-state index contributed by atoms with van der Waals surface area (Å²) in [5, 5.41) is 5.61. The molecule has 29 heavy (non-hydrogen) atoms. The van der Waals surface area contributed by atoms with E-state index < -0.39 is 11.7 Å². The first kappa shape index (κ1) is 20.6. The van der Waals surface area contributed by atoms with Gasteiger partial charge in [-0.05, 0) is 74.6 Å². The zero-order valence-electron chi connectivity index (χ0n) is 16.8. The van der Waals surface area contributed by atoms with Gasteiger partial charge in [0.2, 0.25) is 5.91 Å². The van der Waals surface area contributed by atoms with Crippen molar-refractivity contribution in [2.24, 2.45) is 0 Å². The highest BCUT2D eigenvalue weighted by Crippen LogP contribution is 2.26. The van der Waals surface area contributed by atoms with Crippen LogP contribution in [0.4, 0.5) is 14.9 Å². The number of anilines is 1. The molecular weight excluding hydrogens is 371 g/mol. The van der Waals surface area contributed by atoms with Crippen molar-refractivity contribution in [2.45, 2.75) is 45.3 Å². The Morgan fingerprint density at radius 3 is 2.07 bits per heavy atom. The van der Waals surface area contributed by atoms with Crippen LogP contribution in [0.2, 0.25) is 0 Å². The zero-order chi connectivity index (χ0) is 21.0. The standard InChI is InChI=1S/C23H25FN2O3/c1-23(2,3)29-22(28)26-19-10-6-16(7-11-19)20(14-21(27)25-18-12-13-18)15-4-8-17(24)9-5-15/h4-11,14,18H,12-13H2,1-3H3,(H,25,27)(H,26,28)/b20-14-. The highest BCUT2D eigenvalue weighted by atomic mass is 19.1. The molecule has 0 heterocycles. The summed E-state index contributed by atoms with van der Waals surface area (Å²) in [7, 11) is 0. The summed E-state index contributed by atoms with van der Waals surface area (Å²) < 4.78 is 18.6. The van der Waals surface area contributed by atoms with Crippen LogP contribution in [0.5, 0.6) is 0 Å². The maximum atomic E-state index is 13.3. The molecule has 0 saturated heterocycles. The Balaban J connectivity index is 1.81. The fraction of sp³-hybridized carbons (Fsp3) is 0.304. The maximum absolute atomic E-state index is 13.3. The Morgan fingerprint density at radius 1 is 1.00 bits per heavy atom. The summed E-state index contributed by atoms with van der Waals surface area (Å²) in [4.78, 5) is 24.2. The molecular formula is C23H25FN2O3. The van der Waals surface area contributed by atoms with Gasteiger partial charge in [0, 0.05) is 17.8 Å². The molecule has 2 aromatic carbocycles. The second kappa shape index (κ2) is 8.47. The van der Waals surface area contributed by atoms with Crippen LogP contribution < -0.4 is 10.6 Å². The van der Waals surface area contributed by atoms with Crippen LogP contribution in [0.3, 0.4) is 0 Å². The molecule has 1 aliphatic carbocycles. The summed E-state index contributed by atoms with van der Waals surface area (Å²) in [6, 6.07) is 13.3. The summed E-state index contributed by atoms with van der Waals surface area (Å²) in [6.07, 6.45) is 2.98. The van der Waals surface area contributed by atoms with Crippen LogP contribution in [-0.2, 0) is 9.53 Å². The van der Waals surface area contributed by atoms with Gasteiger partial charge in [0.1, 0.15) is 11.4 Å². The van der Waals surface area contributed by atoms with Crippen molar-refractivity contribution in [1.82, 2.24) is 5.32 Å². The average molecular weight is 396 g/mol. The van der Waals surface area contributed by atoms with E-state index >= 15 is 0 Å². The molecule has 1 fully saturated rings. The van der Waals surface area contributed by atoms with Gasteiger partial charge in [0.25, 0.3) is 0 Å². The Labute approximate surface area is 170 Å². The van der Waals surface area contributed by atoms with Gasteiger partial charge in [0.05, 0.1) is 0 Å². The molecule has 152 valence electrons. The first-order valence-corrected chi connectivity index (χ1v) is 9.58. The summed E-state index contributed by atoms with van der Waals surface area (Å²) in [6.45, 7) is 5.38. The predicted octanol–water partition coefficient (Wildman–Crippen LogP) is 4.88. The van der Waals surface area contributed by atoms with E-state index in [1.54, 1.807) is 57.2 Å². The van der Waals surface area contributed by atoms with Crippen LogP contribution in [0.1, 0.15) is 44.7 Å². The fourth-order valence-corrected chi connectivity index (χ4v) is 2.72. The van der Waals surface area contributed by atoms with Crippen molar-refractivity contribution in [1.29, 1.82) is 0 Å². The molecule has 2 aromatic rings. The van der Waals surface area contributed by atoms with E-state index in [0.717, 1.165) is 24.0 Å². The lowest BCUT2D eigenvalue weighted by molar-refractivity contribution is -0.116. The SMILES string of the molecule is CC(C)(C)OC(=O)Nc1ccc(/C(=C\C(=O)NC2CC2)c2ccc(F)cc2)cc1. The number of amides is 2. The van der Waals surface area contributed by atoms with E-state index in [0.29, 0.717) is 11.3 Å². The maximum Gasteiger partial charge on any atom is 0.412 e. The predicted molar refractivity (Wildman–Crippen MR) is 111 cm³/mol. The van der Waals surface area contributed by atoms with Gasteiger partial charge in [-0.3, -0.25) is 10.1 Å². The van der Waals surface area contributed by atoms with Gasteiger partial charge in [-0.15, -0.1) is 0 Å². The second-order valence-electron chi connectivity index (χ2n) is 8.05. The van der Waals surface area contributed by atoms with Crippen molar-refractivity contribution < 1.29 is 18.7 Å². The highest BCUT2D eigenvalue weighted by Gasteiger charge is 2.23. The summed E-state index contributed by atoms with van der Waals surface area (Å²) >= 11 is 0. The van der Waals surface area contributed by atoms with Crippen molar-refractivity contribution in [2.75, 3.05) is 5.32 Å². The lowest BCUT2D eigenvalue weighted by Crippen LogP contribution is -2.27. The molecule has 1 aliphatic rings. The molecule has 1 saturated carbocycles. The molecule has 5 nitrogen and oxygen atoms in total. The molecule has 0 aromatic heterocycles. The van der Waals surface area contributed by atoms with Crippen LogP contribution in [0, 0.1) is 5.82 Å². The minimum absolute atomic E-state index is 0.178. The van der Waals surface area contributed by atoms with E-state index in [9.17, 15) is 14.0 Å². The monoisotopic (exact) mass is 396 g/mol. The van der Waals surface area contributed by atoms with Crippen LogP contribution in [0.15, 0.2) is 54.6 Å². The van der Waals surface area contributed by atoms with Crippen LogP contribution in [0.25, 0.3) is 5.57 Å². The van der Waals surface area contributed by atoms with Crippen molar-refractivity contribution in [3.05, 3.63) is 71.6 Å². The van der Waals surface area contributed by atoms with E-state index in [1.807, 2.05) is 0 Å². The number of carbonyl (C=O) groups is 2. The summed E-state index contributed by atoms with van der Waals surface area (Å²) in [5.74, 6) is -0.518. The quantitative estimate of drug-likeness (QED) is 0.708. The number of halogens is 1. The smallest absolute Gasteiger partial charge is 0.412 e. The fourth-order valence-electron chi connectivity index (χ4n) is 2.72. The van der Waals surface area contributed by atoms with E-state index in [-0.39, 0.29) is 17.8 Å². The number of rotatable bonds is 5. The van der Waals surface area contributed by atoms with Crippen LogP contribution in [-0.4, -0.2) is 23.6 Å². The van der Waals surface area contributed by atoms with Crippen LogP contribution >= 0.6 is 0 Å². The van der Waals surface area contributed by atoms with E-state index in [2.05, 4.69) is 10.6 Å².